The molecule has 0 aromatic heterocycles. The molecule has 3 rings (SSSR count). The van der Waals surface area contributed by atoms with Crippen LogP contribution in [0, 0.1) is 0 Å². The zero-order valence-electron chi connectivity index (χ0n) is 14.3. The Balaban J connectivity index is 1.64. The lowest BCUT2D eigenvalue weighted by molar-refractivity contribution is -0.119. The van der Waals surface area contributed by atoms with Crippen LogP contribution in [-0.4, -0.2) is 37.6 Å². The van der Waals surface area contributed by atoms with Gasteiger partial charge in [-0.25, -0.2) is 0 Å². The fourth-order valence-corrected chi connectivity index (χ4v) is 2.79. The standard InChI is InChI=1S/C20H24N2O2/c1-21(17-6-4-3-5-7-17)20(23)15-22(18-10-11-18)14-16-8-12-19(24-2)13-9-16/h3-9,12-13,18H,10-11,14-15H2,1-2H3. The van der Waals surface area contributed by atoms with E-state index in [0.29, 0.717) is 12.6 Å². The monoisotopic (exact) mass is 324 g/mol. The maximum Gasteiger partial charge on any atom is 0.240 e. The van der Waals surface area contributed by atoms with Gasteiger partial charge in [0.1, 0.15) is 5.75 Å². The second-order valence-corrected chi connectivity index (χ2v) is 6.27. The Hall–Kier alpha value is -2.33. The zero-order valence-corrected chi connectivity index (χ0v) is 14.3. The maximum atomic E-state index is 12.6. The summed E-state index contributed by atoms with van der Waals surface area (Å²) in [5, 5.41) is 0. The molecule has 0 N–H and O–H groups in total. The lowest BCUT2D eigenvalue weighted by atomic mass is 10.2. The molecule has 4 nitrogen and oxygen atoms in total. The Kier molecular flexibility index (Phi) is 5.16. The molecule has 1 aliphatic rings. The van der Waals surface area contributed by atoms with Gasteiger partial charge in [-0.15, -0.1) is 0 Å². The van der Waals surface area contributed by atoms with Gasteiger partial charge in [0.15, 0.2) is 0 Å². The number of hydrogen-bond donors (Lipinski definition) is 0. The van der Waals surface area contributed by atoms with E-state index < -0.39 is 0 Å². The summed E-state index contributed by atoms with van der Waals surface area (Å²) >= 11 is 0. The topological polar surface area (TPSA) is 32.8 Å². The minimum atomic E-state index is 0.126. The normalized spacial score (nSPS) is 13.8. The Morgan fingerprint density at radius 2 is 1.75 bits per heavy atom. The number of likely N-dealkylation sites (N-methyl/N-ethyl adjacent to an activating group) is 1. The minimum absolute atomic E-state index is 0.126. The van der Waals surface area contributed by atoms with E-state index in [1.165, 1.54) is 18.4 Å². The highest BCUT2D eigenvalue weighted by Crippen LogP contribution is 2.28. The molecule has 1 amide bonds. The predicted octanol–water partition coefficient (Wildman–Crippen LogP) is 3.32. The molecule has 2 aromatic carbocycles. The van der Waals surface area contributed by atoms with Crippen LogP contribution in [0.1, 0.15) is 18.4 Å². The van der Waals surface area contributed by atoms with E-state index in [1.54, 1.807) is 12.0 Å². The molecule has 0 heterocycles. The van der Waals surface area contributed by atoms with Gasteiger partial charge in [-0.2, -0.15) is 0 Å². The fourth-order valence-electron chi connectivity index (χ4n) is 2.79. The number of amides is 1. The summed E-state index contributed by atoms with van der Waals surface area (Å²) in [4.78, 5) is 16.7. The van der Waals surface area contributed by atoms with Crippen LogP contribution in [0.15, 0.2) is 54.6 Å². The Morgan fingerprint density at radius 1 is 1.08 bits per heavy atom. The van der Waals surface area contributed by atoms with E-state index >= 15 is 0 Å². The van der Waals surface area contributed by atoms with Gasteiger partial charge in [0, 0.05) is 25.3 Å². The maximum absolute atomic E-state index is 12.6. The number of carbonyl (C=O) groups excluding carboxylic acids is 1. The van der Waals surface area contributed by atoms with Crippen molar-refractivity contribution in [1.82, 2.24) is 4.90 Å². The molecule has 1 aliphatic carbocycles. The van der Waals surface area contributed by atoms with E-state index in [4.69, 9.17) is 4.74 Å². The average Bonchev–Trinajstić information content (AvgIpc) is 3.47. The summed E-state index contributed by atoms with van der Waals surface area (Å²) in [6, 6.07) is 18.4. The molecule has 0 bridgehead atoms. The van der Waals surface area contributed by atoms with Crippen LogP contribution < -0.4 is 9.64 Å². The van der Waals surface area contributed by atoms with Gasteiger partial charge in [-0.1, -0.05) is 30.3 Å². The number of anilines is 1. The Morgan fingerprint density at radius 3 is 2.33 bits per heavy atom. The summed E-state index contributed by atoms with van der Waals surface area (Å²) in [6.07, 6.45) is 2.36. The lowest BCUT2D eigenvalue weighted by Crippen LogP contribution is -2.39. The number of hydrogen-bond acceptors (Lipinski definition) is 3. The third-order valence-corrected chi connectivity index (χ3v) is 4.46. The molecule has 0 spiro atoms. The Labute approximate surface area is 143 Å². The van der Waals surface area contributed by atoms with E-state index in [-0.39, 0.29) is 5.91 Å². The van der Waals surface area contributed by atoms with Crippen molar-refractivity contribution in [3.63, 3.8) is 0 Å². The average molecular weight is 324 g/mol. The van der Waals surface area contributed by atoms with E-state index in [1.807, 2.05) is 49.5 Å². The number of ether oxygens (including phenoxy) is 1. The van der Waals surface area contributed by atoms with Crippen LogP contribution in [-0.2, 0) is 11.3 Å². The van der Waals surface area contributed by atoms with E-state index in [2.05, 4.69) is 17.0 Å². The first kappa shape index (κ1) is 16.5. The number of benzene rings is 2. The molecule has 4 heteroatoms. The SMILES string of the molecule is COc1ccc(CN(CC(=O)N(C)c2ccccc2)C2CC2)cc1. The van der Waals surface area contributed by atoms with Gasteiger partial charge < -0.3 is 9.64 Å². The summed E-state index contributed by atoms with van der Waals surface area (Å²) in [7, 11) is 3.51. The summed E-state index contributed by atoms with van der Waals surface area (Å²) < 4.78 is 5.20. The molecule has 1 fully saturated rings. The van der Waals surface area contributed by atoms with Crippen LogP contribution in [0.3, 0.4) is 0 Å². The fraction of sp³-hybridized carbons (Fsp3) is 0.350. The molecular formula is C20H24N2O2. The van der Waals surface area contributed by atoms with Crippen molar-refractivity contribution in [2.45, 2.75) is 25.4 Å². The smallest absolute Gasteiger partial charge is 0.240 e. The molecule has 126 valence electrons. The summed E-state index contributed by atoms with van der Waals surface area (Å²) in [6.45, 7) is 1.24. The van der Waals surface area contributed by atoms with Gasteiger partial charge in [0.25, 0.3) is 0 Å². The highest BCUT2D eigenvalue weighted by Gasteiger charge is 2.31. The van der Waals surface area contributed by atoms with Crippen LogP contribution in [0.2, 0.25) is 0 Å². The van der Waals surface area contributed by atoms with Gasteiger partial charge in [-0.3, -0.25) is 9.69 Å². The Bertz CT molecular complexity index is 666. The van der Waals surface area contributed by atoms with Crippen molar-refractivity contribution in [3.05, 3.63) is 60.2 Å². The van der Waals surface area contributed by atoms with Gasteiger partial charge >= 0.3 is 0 Å². The zero-order chi connectivity index (χ0) is 16.9. The molecule has 24 heavy (non-hydrogen) atoms. The molecule has 0 unspecified atom stereocenters. The van der Waals surface area contributed by atoms with Crippen LogP contribution in [0.4, 0.5) is 5.69 Å². The molecule has 0 atom stereocenters. The predicted molar refractivity (Wildman–Crippen MR) is 96.3 cm³/mol. The molecule has 0 saturated heterocycles. The van der Waals surface area contributed by atoms with Crippen LogP contribution in [0.5, 0.6) is 5.75 Å². The van der Waals surface area contributed by atoms with E-state index in [0.717, 1.165) is 18.0 Å². The van der Waals surface area contributed by atoms with Gasteiger partial charge in [0.05, 0.1) is 13.7 Å². The number of carbonyl (C=O) groups is 1. The quantitative estimate of drug-likeness (QED) is 0.783. The lowest BCUT2D eigenvalue weighted by Gasteiger charge is -2.25. The van der Waals surface area contributed by atoms with Crippen LogP contribution >= 0.6 is 0 Å². The second kappa shape index (κ2) is 7.49. The van der Waals surface area contributed by atoms with Crippen molar-refractivity contribution in [2.75, 3.05) is 25.6 Å². The van der Waals surface area contributed by atoms with Crippen molar-refractivity contribution in [2.24, 2.45) is 0 Å². The largest absolute Gasteiger partial charge is 0.497 e. The summed E-state index contributed by atoms with van der Waals surface area (Å²) in [5.41, 5.74) is 2.14. The third-order valence-electron chi connectivity index (χ3n) is 4.46. The van der Waals surface area contributed by atoms with E-state index in [9.17, 15) is 4.79 Å². The third kappa shape index (κ3) is 4.15. The first-order chi connectivity index (χ1) is 11.7. The molecule has 1 saturated carbocycles. The molecule has 0 radical (unpaired) electrons. The number of nitrogens with zero attached hydrogens (tertiary/aromatic N) is 2. The number of methoxy groups -OCH3 is 1. The van der Waals surface area contributed by atoms with Crippen molar-refractivity contribution >= 4 is 11.6 Å². The van der Waals surface area contributed by atoms with Gasteiger partial charge in [0.2, 0.25) is 5.91 Å². The minimum Gasteiger partial charge on any atom is -0.497 e. The first-order valence-corrected chi connectivity index (χ1v) is 8.36. The van der Waals surface area contributed by atoms with Crippen LogP contribution in [0.25, 0.3) is 0 Å². The van der Waals surface area contributed by atoms with Crippen molar-refractivity contribution < 1.29 is 9.53 Å². The number of para-hydroxylation sites is 1. The second-order valence-electron chi connectivity index (χ2n) is 6.27. The highest BCUT2D eigenvalue weighted by molar-refractivity contribution is 5.94. The summed E-state index contributed by atoms with van der Waals surface area (Å²) in [5.74, 6) is 0.984. The highest BCUT2D eigenvalue weighted by atomic mass is 16.5. The number of rotatable bonds is 7. The molecule has 0 aliphatic heterocycles. The van der Waals surface area contributed by atoms with Gasteiger partial charge in [-0.05, 0) is 42.7 Å². The van der Waals surface area contributed by atoms with Crippen molar-refractivity contribution in [3.8, 4) is 5.75 Å². The molecule has 2 aromatic rings. The van der Waals surface area contributed by atoms with Crippen molar-refractivity contribution in [1.29, 1.82) is 0 Å². The first-order valence-electron chi connectivity index (χ1n) is 8.36. The molecular weight excluding hydrogens is 300 g/mol.